The fraction of sp³-hybridized carbons (Fsp3) is 0.263. The van der Waals surface area contributed by atoms with E-state index in [1.54, 1.807) is 0 Å². The van der Waals surface area contributed by atoms with Crippen LogP contribution in [0.15, 0.2) is 53.4 Å². The van der Waals surface area contributed by atoms with E-state index in [2.05, 4.69) is 50.0 Å². The average molecular weight is 371 g/mol. The molecule has 25 heavy (non-hydrogen) atoms. The zero-order valence-corrected chi connectivity index (χ0v) is 15.8. The molecule has 2 aromatic carbocycles. The van der Waals surface area contributed by atoms with Crippen molar-refractivity contribution in [2.75, 3.05) is 14.1 Å². The Hall–Kier alpha value is -1.82. The fourth-order valence-electron chi connectivity index (χ4n) is 3.13. The second-order valence-corrected chi connectivity index (χ2v) is 8.12. The summed E-state index contributed by atoms with van der Waals surface area (Å²) in [6, 6.07) is 16.6. The van der Waals surface area contributed by atoms with E-state index in [-0.39, 0.29) is 5.25 Å². The van der Waals surface area contributed by atoms with Crippen molar-refractivity contribution in [1.29, 1.82) is 0 Å². The molecule has 0 radical (unpaired) electrons. The minimum atomic E-state index is 0.288. The summed E-state index contributed by atoms with van der Waals surface area (Å²) in [7, 11) is 4.09. The Morgan fingerprint density at radius 3 is 2.72 bits per heavy atom. The molecule has 1 unspecified atom stereocenters. The highest BCUT2D eigenvalue weighted by Gasteiger charge is 2.27. The zero-order chi connectivity index (χ0) is 17.4. The molecular weight excluding hydrogens is 352 g/mol. The minimum Gasteiger partial charge on any atom is -0.302 e. The van der Waals surface area contributed by atoms with Crippen molar-refractivity contribution in [1.82, 2.24) is 19.7 Å². The number of rotatable bonds is 3. The number of hydrogen-bond donors (Lipinski definition) is 0. The molecule has 0 amide bonds. The van der Waals surface area contributed by atoms with Gasteiger partial charge in [0.1, 0.15) is 5.82 Å². The maximum atomic E-state index is 6.29. The van der Waals surface area contributed by atoms with Gasteiger partial charge >= 0.3 is 0 Å². The summed E-state index contributed by atoms with van der Waals surface area (Å²) in [5.74, 6) is 1.96. The Morgan fingerprint density at radius 1 is 1.16 bits per heavy atom. The van der Waals surface area contributed by atoms with Gasteiger partial charge in [0.15, 0.2) is 5.82 Å². The summed E-state index contributed by atoms with van der Waals surface area (Å²) < 4.78 is 2.20. The molecular formula is C19H19ClN4S. The smallest absolute Gasteiger partial charge is 0.151 e. The molecule has 3 aromatic rings. The normalized spacial score (nSPS) is 16.4. The number of benzene rings is 2. The molecule has 1 aromatic heterocycles. The van der Waals surface area contributed by atoms with Crippen molar-refractivity contribution in [2.45, 2.75) is 23.1 Å². The van der Waals surface area contributed by atoms with Crippen LogP contribution in [0.1, 0.15) is 22.5 Å². The molecule has 1 atom stereocenters. The topological polar surface area (TPSA) is 34.0 Å². The third-order valence-corrected chi connectivity index (χ3v) is 5.77. The van der Waals surface area contributed by atoms with Gasteiger partial charge < -0.3 is 4.90 Å². The molecule has 0 saturated heterocycles. The van der Waals surface area contributed by atoms with Crippen molar-refractivity contribution in [2.24, 2.45) is 0 Å². The number of fused-ring (bicyclic) bond motifs is 3. The molecule has 2 heterocycles. The number of hydrogen-bond acceptors (Lipinski definition) is 4. The van der Waals surface area contributed by atoms with Gasteiger partial charge in [0, 0.05) is 21.6 Å². The van der Waals surface area contributed by atoms with E-state index in [1.807, 2.05) is 44.1 Å². The molecule has 1 aliphatic rings. The van der Waals surface area contributed by atoms with Crippen LogP contribution in [0.2, 0.25) is 5.02 Å². The lowest BCUT2D eigenvalue weighted by Crippen LogP contribution is -2.16. The first-order valence-electron chi connectivity index (χ1n) is 8.21. The van der Waals surface area contributed by atoms with E-state index in [9.17, 15) is 0 Å². The number of nitrogens with zero attached hydrogens (tertiary/aromatic N) is 4. The molecule has 0 fully saturated rings. The van der Waals surface area contributed by atoms with Crippen LogP contribution in [0.5, 0.6) is 0 Å². The highest BCUT2D eigenvalue weighted by atomic mass is 35.5. The highest BCUT2D eigenvalue weighted by Crippen LogP contribution is 2.44. The summed E-state index contributed by atoms with van der Waals surface area (Å²) in [6.45, 7) is 0.746. The van der Waals surface area contributed by atoms with Gasteiger partial charge in [-0.05, 0) is 37.9 Å². The summed E-state index contributed by atoms with van der Waals surface area (Å²) >= 11 is 8.13. The van der Waals surface area contributed by atoms with E-state index in [0.29, 0.717) is 0 Å². The maximum absolute atomic E-state index is 6.29. The second-order valence-electron chi connectivity index (χ2n) is 6.44. The van der Waals surface area contributed by atoms with Crippen LogP contribution in [0.3, 0.4) is 0 Å². The van der Waals surface area contributed by atoms with Gasteiger partial charge in [-0.15, -0.1) is 22.0 Å². The number of aromatic nitrogens is 3. The Morgan fingerprint density at radius 2 is 1.96 bits per heavy atom. The lowest BCUT2D eigenvalue weighted by Gasteiger charge is -2.15. The van der Waals surface area contributed by atoms with Crippen LogP contribution >= 0.6 is 23.4 Å². The van der Waals surface area contributed by atoms with Gasteiger partial charge in [0.25, 0.3) is 0 Å². The van der Waals surface area contributed by atoms with E-state index < -0.39 is 0 Å². The quantitative estimate of drug-likeness (QED) is 0.685. The Kier molecular flexibility index (Phi) is 4.54. The molecule has 1 aliphatic heterocycles. The Balaban J connectivity index is 1.86. The van der Waals surface area contributed by atoms with Crippen LogP contribution in [-0.2, 0) is 13.0 Å². The van der Waals surface area contributed by atoms with Crippen molar-refractivity contribution < 1.29 is 0 Å². The zero-order valence-electron chi connectivity index (χ0n) is 14.2. The van der Waals surface area contributed by atoms with E-state index in [4.69, 9.17) is 11.6 Å². The molecule has 128 valence electrons. The summed E-state index contributed by atoms with van der Waals surface area (Å²) in [6.07, 6.45) is 0.835. The van der Waals surface area contributed by atoms with Gasteiger partial charge in [-0.3, -0.25) is 4.57 Å². The Labute approximate surface area is 156 Å². The molecule has 0 bridgehead atoms. The molecule has 0 N–H and O–H groups in total. The molecule has 0 spiro atoms. The van der Waals surface area contributed by atoms with E-state index >= 15 is 0 Å². The van der Waals surface area contributed by atoms with Gasteiger partial charge in [0.2, 0.25) is 0 Å². The highest BCUT2D eigenvalue weighted by molar-refractivity contribution is 7.99. The Bertz CT molecular complexity index is 892. The second kappa shape index (κ2) is 6.83. The summed E-state index contributed by atoms with van der Waals surface area (Å²) in [4.78, 5) is 3.28. The third kappa shape index (κ3) is 3.32. The van der Waals surface area contributed by atoms with Gasteiger partial charge in [-0.25, -0.2) is 0 Å². The molecule has 0 saturated carbocycles. The predicted octanol–water partition coefficient (Wildman–Crippen LogP) is 4.37. The molecule has 0 aliphatic carbocycles. The van der Waals surface area contributed by atoms with Crippen molar-refractivity contribution in [3.8, 4) is 5.69 Å². The number of halogens is 1. The molecule has 6 heteroatoms. The summed E-state index contributed by atoms with van der Waals surface area (Å²) in [5.41, 5.74) is 2.41. The third-order valence-electron chi connectivity index (χ3n) is 4.23. The van der Waals surface area contributed by atoms with Crippen molar-refractivity contribution in [3.05, 3.63) is 70.8 Å². The van der Waals surface area contributed by atoms with Gasteiger partial charge in [-0.2, -0.15) is 0 Å². The SMILES string of the molecule is CN(C)Cc1nnc2n1-c1ccc(Cl)cc1SC(c1ccccc1)C2. The lowest BCUT2D eigenvalue weighted by molar-refractivity contribution is 0.386. The predicted molar refractivity (Wildman–Crippen MR) is 103 cm³/mol. The first kappa shape index (κ1) is 16.6. The van der Waals surface area contributed by atoms with Crippen LogP contribution < -0.4 is 0 Å². The van der Waals surface area contributed by atoms with E-state index in [1.165, 1.54) is 10.5 Å². The van der Waals surface area contributed by atoms with Gasteiger partial charge in [0.05, 0.1) is 12.2 Å². The van der Waals surface area contributed by atoms with Crippen LogP contribution in [0.25, 0.3) is 5.69 Å². The van der Waals surface area contributed by atoms with E-state index in [0.717, 1.165) is 35.3 Å². The van der Waals surface area contributed by atoms with Gasteiger partial charge in [-0.1, -0.05) is 41.9 Å². The van der Waals surface area contributed by atoms with Crippen LogP contribution in [0, 0.1) is 0 Å². The maximum Gasteiger partial charge on any atom is 0.151 e. The first-order chi connectivity index (χ1) is 12.1. The fourth-order valence-corrected chi connectivity index (χ4v) is 4.67. The average Bonchev–Trinajstić information content (AvgIpc) is 2.89. The largest absolute Gasteiger partial charge is 0.302 e. The van der Waals surface area contributed by atoms with Crippen LogP contribution in [-0.4, -0.2) is 33.8 Å². The monoisotopic (exact) mass is 370 g/mol. The number of thioether (sulfide) groups is 1. The molecule has 4 nitrogen and oxygen atoms in total. The van der Waals surface area contributed by atoms with Crippen molar-refractivity contribution >= 4 is 23.4 Å². The molecule has 4 rings (SSSR count). The van der Waals surface area contributed by atoms with Crippen LogP contribution in [0.4, 0.5) is 0 Å². The lowest BCUT2D eigenvalue weighted by atomic mass is 10.1. The summed E-state index contributed by atoms with van der Waals surface area (Å²) in [5, 5.41) is 10.0. The van der Waals surface area contributed by atoms with Crippen molar-refractivity contribution in [3.63, 3.8) is 0 Å². The standard InChI is InChI=1S/C19H19ClN4S/c1-23(2)12-19-22-21-18-11-16(13-6-4-3-5-7-13)25-17-10-14(20)8-9-15(17)24(18)19/h3-10,16H,11-12H2,1-2H3. The minimum absolute atomic E-state index is 0.288. The first-order valence-corrected chi connectivity index (χ1v) is 9.47.